The minimum absolute atomic E-state index is 0.0422. The summed E-state index contributed by atoms with van der Waals surface area (Å²) in [7, 11) is 1.61. The standard InChI is InChI=1S/C14H23N5O2/c1-4-5-9-10(15)11(18-17-9)12(20)19-7-6-14(2,8-19)13(21)16-3/h4-8,15H2,1-3H3,(H,16,21)(H,17,18). The van der Waals surface area contributed by atoms with Crippen LogP contribution in [0.5, 0.6) is 0 Å². The first kappa shape index (κ1) is 15.3. The van der Waals surface area contributed by atoms with Crippen molar-refractivity contribution in [3.8, 4) is 0 Å². The van der Waals surface area contributed by atoms with Crippen LogP contribution in [0.4, 0.5) is 5.69 Å². The number of aryl methyl sites for hydroxylation is 1. The molecule has 0 aromatic carbocycles. The molecule has 1 aromatic heterocycles. The van der Waals surface area contributed by atoms with Crippen molar-refractivity contribution in [2.75, 3.05) is 25.9 Å². The molecule has 1 atom stereocenters. The van der Waals surface area contributed by atoms with Crippen molar-refractivity contribution in [1.29, 1.82) is 0 Å². The van der Waals surface area contributed by atoms with Crippen LogP contribution >= 0.6 is 0 Å². The Hall–Kier alpha value is -2.05. The fourth-order valence-electron chi connectivity index (χ4n) is 2.76. The van der Waals surface area contributed by atoms with Crippen LogP contribution in [0, 0.1) is 5.41 Å². The summed E-state index contributed by atoms with van der Waals surface area (Å²) < 4.78 is 0. The molecule has 4 N–H and O–H groups in total. The maximum Gasteiger partial charge on any atom is 0.276 e. The van der Waals surface area contributed by atoms with Crippen LogP contribution in [0.25, 0.3) is 0 Å². The Bertz CT molecular complexity index is 554. The molecule has 2 rings (SSSR count). The fourth-order valence-corrected chi connectivity index (χ4v) is 2.76. The highest BCUT2D eigenvalue weighted by atomic mass is 16.2. The van der Waals surface area contributed by atoms with E-state index in [1.165, 1.54) is 0 Å². The lowest BCUT2D eigenvalue weighted by atomic mass is 9.89. The zero-order valence-corrected chi connectivity index (χ0v) is 12.8. The molecule has 2 amide bonds. The second-order valence-electron chi connectivity index (χ2n) is 5.83. The monoisotopic (exact) mass is 293 g/mol. The van der Waals surface area contributed by atoms with Gasteiger partial charge in [0, 0.05) is 20.1 Å². The number of H-pyrrole nitrogens is 1. The summed E-state index contributed by atoms with van der Waals surface area (Å²) in [6, 6.07) is 0. The van der Waals surface area contributed by atoms with Crippen molar-refractivity contribution in [2.45, 2.75) is 33.1 Å². The molecule has 116 valence electrons. The normalized spacial score (nSPS) is 21.6. The largest absolute Gasteiger partial charge is 0.395 e. The lowest BCUT2D eigenvalue weighted by Crippen LogP contribution is -2.40. The molecular formula is C14H23N5O2. The highest BCUT2D eigenvalue weighted by molar-refractivity contribution is 5.98. The molecule has 0 saturated carbocycles. The highest BCUT2D eigenvalue weighted by Crippen LogP contribution is 2.31. The predicted molar refractivity (Wildman–Crippen MR) is 79.7 cm³/mol. The Morgan fingerprint density at radius 3 is 2.86 bits per heavy atom. The number of likely N-dealkylation sites (tertiary alicyclic amines) is 1. The van der Waals surface area contributed by atoms with Crippen LogP contribution in [0.3, 0.4) is 0 Å². The highest BCUT2D eigenvalue weighted by Gasteiger charge is 2.42. The molecule has 1 aliphatic rings. The number of carbonyl (C=O) groups excluding carboxylic acids is 2. The van der Waals surface area contributed by atoms with Gasteiger partial charge in [0.2, 0.25) is 5.91 Å². The Kier molecular flexibility index (Phi) is 4.20. The number of rotatable bonds is 4. The SMILES string of the molecule is CCCc1[nH]nc(C(=O)N2CCC(C)(C(=O)NC)C2)c1N. The zero-order valence-electron chi connectivity index (χ0n) is 12.8. The third kappa shape index (κ3) is 2.72. The lowest BCUT2D eigenvalue weighted by molar-refractivity contribution is -0.128. The predicted octanol–water partition coefficient (Wildman–Crippen LogP) is 0.543. The third-order valence-electron chi connectivity index (χ3n) is 4.12. The molecule has 1 aromatic rings. The smallest absolute Gasteiger partial charge is 0.276 e. The third-order valence-corrected chi connectivity index (χ3v) is 4.12. The van der Waals surface area contributed by atoms with Gasteiger partial charge in [0.1, 0.15) is 0 Å². The minimum Gasteiger partial charge on any atom is -0.395 e. The van der Waals surface area contributed by atoms with Gasteiger partial charge < -0.3 is 16.0 Å². The topological polar surface area (TPSA) is 104 Å². The summed E-state index contributed by atoms with van der Waals surface area (Å²) in [6.07, 6.45) is 2.34. The molecule has 0 aliphatic carbocycles. The Labute approximate surface area is 124 Å². The first-order chi connectivity index (χ1) is 9.92. The van der Waals surface area contributed by atoms with Gasteiger partial charge >= 0.3 is 0 Å². The Balaban J connectivity index is 2.14. The maximum atomic E-state index is 12.5. The van der Waals surface area contributed by atoms with Crippen LogP contribution in [-0.4, -0.2) is 47.0 Å². The van der Waals surface area contributed by atoms with Gasteiger partial charge in [0.25, 0.3) is 5.91 Å². The fraction of sp³-hybridized carbons (Fsp3) is 0.643. The van der Waals surface area contributed by atoms with Gasteiger partial charge in [-0.1, -0.05) is 13.3 Å². The Morgan fingerprint density at radius 1 is 1.52 bits per heavy atom. The van der Waals surface area contributed by atoms with Crippen molar-refractivity contribution >= 4 is 17.5 Å². The summed E-state index contributed by atoms with van der Waals surface area (Å²) in [4.78, 5) is 26.1. The Morgan fingerprint density at radius 2 is 2.24 bits per heavy atom. The summed E-state index contributed by atoms with van der Waals surface area (Å²) >= 11 is 0. The number of aromatic nitrogens is 2. The number of amides is 2. The number of aromatic amines is 1. The second kappa shape index (κ2) is 5.75. The quantitative estimate of drug-likeness (QED) is 0.753. The lowest BCUT2D eigenvalue weighted by Gasteiger charge is -2.22. The summed E-state index contributed by atoms with van der Waals surface area (Å²) in [6.45, 7) is 4.84. The average molecular weight is 293 g/mol. The molecule has 1 unspecified atom stereocenters. The number of nitrogens with zero attached hydrogens (tertiary/aromatic N) is 2. The number of hydrogen-bond donors (Lipinski definition) is 3. The molecule has 1 aliphatic heterocycles. The van der Waals surface area contributed by atoms with E-state index in [9.17, 15) is 9.59 Å². The second-order valence-corrected chi connectivity index (χ2v) is 5.83. The molecular weight excluding hydrogens is 270 g/mol. The van der Waals surface area contributed by atoms with Crippen LogP contribution in [0.1, 0.15) is 42.9 Å². The molecule has 0 spiro atoms. The molecule has 1 fully saturated rings. The first-order valence-corrected chi connectivity index (χ1v) is 7.27. The van der Waals surface area contributed by atoms with Crippen LogP contribution < -0.4 is 11.1 Å². The van der Waals surface area contributed by atoms with E-state index in [0.29, 0.717) is 25.2 Å². The van der Waals surface area contributed by atoms with Crippen molar-refractivity contribution in [2.24, 2.45) is 5.41 Å². The molecule has 1 saturated heterocycles. The van der Waals surface area contributed by atoms with Gasteiger partial charge in [0.05, 0.1) is 16.8 Å². The van der Waals surface area contributed by atoms with E-state index in [1.807, 2.05) is 13.8 Å². The van der Waals surface area contributed by atoms with Gasteiger partial charge in [-0.05, 0) is 19.8 Å². The first-order valence-electron chi connectivity index (χ1n) is 7.27. The van der Waals surface area contributed by atoms with Crippen LogP contribution in [0.2, 0.25) is 0 Å². The number of carbonyl (C=O) groups is 2. The average Bonchev–Trinajstić information content (AvgIpc) is 3.03. The maximum absolute atomic E-state index is 12.5. The van der Waals surface area contributed by atoms with Crippen molar-refractivity contribution in [1.82, 2.24) is 20.4 Å². The number of nitrogen functional groups attached to an aromatic ring is 1. The number of anilines is 1. The van der Waals surface area contributed by atoms with Crippen molar-refractivity contribution < 1.29 is 9.59 Å². The van der Waals surface area contributed by atoms with Gasteiger partial charge in [-0.3, -0.25) is 14.7 Å². The van der Waals surface area contributed by atoms with E-state index >= 15 is 0 Å². The summed E-state index contributed by atoms with van der Waals surface area (Å²) in [5.74, 6) is -0.252. The van der Waals surface area contributed by atoms with Crippen LogP contribution in [-0.2, 0) is 11.2 Å². The summed E-state index contributed by atoms with van der Waals surface area (Å²) in [5.41, 5.74) is 6.94. The molecule has 0 radical (unpaired) electrons. The van der Waals surface area contributed by atoms with Gasteiger partial charge in [-0.2, -0.15) is 5.10 Å². The number of nitrogens with one attached hydrogen (secondary N) is 2. The summed E-state index contributed by atoms with van der Waals surface area (Å²) in [5, 5.41) is 9.54. The molecule has 2 heterocycles. The zero-order chi connectivity index (χ0) is 15.6. The van der Waals surface area contributed by atoms with Crippen molar-refractivity contribution in [3.05, 3.63) is 11.4 Å². The number of nitrogens with two attached hydrogens (primary N) is 1. The van der Waals surface area contributed by atoms with E-state index in [1.54, 1.807) is 11.9 Å². The van der Waals surface area contributed by atoms with Crippen molar-refractivity contribution in [3.63, 3.8) is 0 Å². The minimum atomic E-state index is -0.540. The van der Waals surface area contributed by atoms with Gasteiger partial charge in [-0.15, -0.1) is 0 Å². The molecule has 7 heteroatoms. The molecule has 0 bridgehead atoms. The van der Waals surface area contributed by atoms with E-state index in [-0.39, 0.29) is 17.5 Å². The van der Waals surface area contributed by atoms with Crippen LogP contribution in [0.15, 0.2) is 0 Å². The van der Waals surface area contributed by atoms with E-state index in [2.05, 4.69) is 15.5 Å². The van der Waals surface area contributed by atoms with E-state index < -0.39 is 5.41 Å². The number of hydrogen-bond acceptors (Lipinski definition) is 4. The van der Waals surface area contributed by atoms with E-state index in [4.69, 9.17) is 5.73 Å². The van der Waals surface area contributed by atoms with Gasteiger partial charge in [0.15, 0.2) is 5.69 Å². The van der Waals surface area contributed by atoms with Gasteiger partial charge in [-0.25, -0.2) is 0 Å². The molecule has 21 heavy (non-hydrogen) atoms. The van der Waals surface area contributed by atoms with E-state index in [0.717, 1.165) is 18.5 Å². The molecule has 7 nitrogen and oxygen atoms in total.